The van der Waals surface area contributed by atoms with Crippen LogP contribution in [0.3, 0.4) is 0 Å². The maximum absolute atomic E-state index is 11.9. The molecular formula is C19H17N5O3. The van der Waals surface area contributed by atoms with E-state index in [2.05, 4.69) is 26.1 Å². The van der Waals surface area contributed by atoms with Crippen molar-refractivity contribution >= 4 is 23.4 Å². The average Bonchev–Trinajstić information content (AvgIpc) is 3.16. The Hall–Kier alpha value is -3.81. The summed E-state index contributed by atoms with van der Waals surface area (Å²) in [6, 6.07) is 18.0. The molecule has 8 nitrogen and oxygen atoms in total. The number of benzene rings is 2. The average molecular weight is 363 g/mol. The van der Waals surface area contributed by atoms with Crippen LogP contribution in [-0.4, -0.2) is 23.0 Å². The van der Waals surface area contributed by atoms with Crippen LogP contribution in [0.15, 0.2) is 60.7 Å². The molecule has 2 aromatic carbocycles. The van der Waals surface area contributed by atoms with Crippen molar-refractivity contribution in [3.05, 3.63) is 66.2 Å². The van der Waals surface area contributed by atoms with Crippen molar-refractivity contribution in [1.82, 2.24) is 10.2 Å². The number of nitrogens with zero attached hydrogens (tertiary/aromatic N) is 2. The van der Waals surface area contributed by atoms with Gasteiger partial charge < -0.3 is 20.1 Å². The highest BCUT2D eigenvalue weighted by atomic mass is 16.7. The van der Waals surface area contributed by atoms with Crippen LogP contribution in [0.25, 0.3) is 0 Å². The number of carbonyl (C=O) groups excluding carboxylic acids is 1. The SMILES string of the molecule is O=C(Nc1ccccc1)Nc1ccc(NCc2ccc3c(c2)OCO3)nn1. The minimum Gasteiger partial charge on any atom is -0.454 e. The van der Waals surface area contributed by atoms with Crippen molar-refractivity contribution < 1.29 is 14.3 Å². The molecular weight excluding hydrogens is 346 g/mol. The number of ether oxygens (including phenoxy) is 2. The molecule has 0 bridgehead atoms. The highest BCUT2D eigenvalue weighted by Crippen LogP contribution is 2.32. The molecule has 0 saturated carbocycles. The highest BCUT2D eigenvalue weighted by molar-refractivity contribution is 5.99. The zero-order valence-corrected chi connectivity index (χ0v) is 14.3. The Morgan fingerprint density at radius 3 is 2.48 bits per heavy atom. The van der Waals surface area contributed by atoms with Gasteiger partial charge in [0.15, 0.2) is 17.3 Å². The Bertz CT molecular complexity index is 932. The van der Waals surface area contributed by atoms with Crippen molar-refractivity contribution in [3.63, 3.8) is 0 Å². The van der Waals surface area contributed by atoms with E-state index in [1.807, 2.05) is 36.4 Å². The lowest BCUT2D eigenvalue weighted by Crippen LogP contribution is -2.20. The Kier molecular flexibility index (Phi) is 4.69. The molecule has 27 heavy (non-hydrogen) atoms. The molecule has 136 valence electrons. The second-order valence-corrected chi connectivity index (χ2v) is 5.79. The number of rotatable bonds is 5. The molecule has 0 spiro atoms. The van der Waals surface area contributed by atoms with Gasteiger partial charge in [-0.1, -0.05) is 24.3 Å². The monoisotopic (exact) mass is 363 g/mol. The lowest BCUT2D eigenvalue weighted by molar-refractivity contribution is 0.174. The summed E-state index contributed by atoms with van der Waals surface area (Å²) < 4.78 is 10.7. The number of hydrogen-bond acceptors (Lipinski definition) is 6. The third-order valence-corrected chi connectivity index (χ3v) is 3.85. The third kappa shape index (κ3) is 4.24. The predicted molar refractivity (Wildman–Crippen MR) is 101 cm³/mol. The highest BCUT2D eigenvalue weighted by Gasteiger charge is 2.13. The molecule has 2 heterocycles. The number of para-hydroxylation sites is 1. The van der Waals surface area contributed by atoms with E-state index in [9.17, 15) is 4.79 Å². The molecule has 1 aliphatic rings. The van der Waals surface area contributed by atoms with Gasteiger partial charge in [0, 0.05) is 12.2 Å². The molecule has 4 rings (SSSR count). The summed E-state index contributed by atoms with van der Waals surface area (Å²) >= 11 is 0. The summed E-state index contributed by atoms with van der Waals surface area (Å²) in [6.07, 6.45) is 0. The van der Waals surface area contributed by atoms with Gasteiger partial charge in [0.1, 0.15) is 5.82 Å². The summed E-state index contributed by atoms with van der Waals surface area (Å²) in [5, 5.41) is 16.6. The smallest absolute Gasteiger partial charge is 0.324 e. The summed E-state index contributed by atoms with van der Waals surface area (Å²) in [6.45, 7) is 0.816. The number of nitrogens with one attached hydrogen (secondary N) is 3. The normalized spacial score (nSPS) is 11.7. The van der Waals surface area contributed by atoms with Crippen molar-refractivity contribution in [2.24, 2.45) is 0 Å². The first-order valence-electron chi connectivity index (χ1n) is 8.35. The quantitative estimate of drug-likeness (QED) is 0.642. The lowest BCUT2D eigenvalue weighted by Gasteiger charge is -2.08. The van der Waals surface area contributed by atoms with Gasteiger partial charge in [-0.25, -0.2) is 4.79 Å². The van der Waals surface area contributed by atoms with Crippen LogP contribution in [0.5, 0.6) is 11.5 Å². The first-order valence-corrected chi connectivity index (χ1v) is 8.35. The number of urea groups is 1. The van der Waals surface area contributed by atoms with Crippen LogP contribution < -0.4 is 25.4 Å². The topological polar surface area (TPSA) is 97.4 Å². The van der Waals surface area contributed by atoms with E-state index >= 15 is 0 Å². The van der Waals surface area contributed by atoms with Gasteiger partial charge in [-0.2, -0.15) is 0 Å². The Morgan fingerprint density at radius 1 is 0.889 bits per heavy atom. The van der Waals surface area contributed by atoms with Crippen LogP contribution in [0.4, 0.5) is 22.1 Å². The largest absolute Gasteiger partial charge is 0.454 e. The van der Waals surface area contributed by atoms with E-state index in [-0.39, 0.29) is 12.8 Å². The lowest BCUT2D eigenvalue weighted by atomic mass is 10.2. The number of hydrogen-bond donors (Lipinski definition) is 3. The Balaban J connectivity index is 1.30. The van der Waals surface area contributed by atoms with Gasteiger partial charge in [0.25, 0.3) is 0 Å². The molecule has 8 heteroatoms. The van der Waals surface area contributed by atoms with E-state index in [0.29, 0.717) is 23.9 Å². The summed E-state index contributed by atoms with van der Waals surface area (Å²) in [7, 11) is 0. The summed E-state index contributed by atoms with van der Waals surface area (Å²) in [5.41, 5.74) is 1.73. The van der Waals surface area contributed by atoms with Crippen molar-refractivity contribution in [1.29, 1.82) is 0 Å². The number of anilines is 3. The molecule has 0 radical (unpaired) electrons. The van der Waals surface area contributed by atoms with Crippen LogP contribution in [0.1, 0.15) is 5.56 Å². The summed E-state index contributed by atoms with van der Waals surface area (Å²) in [5.74, 6) is 2.45. The Morgan fingerprint density at radius 2 is 1.67 bits per heavy atom. The Labute approximate surface area is 155 Å². The second-order valence-electron chi connectivity index (χ2n) is 5.79. The van der Waals surface area contributed by atoms with Gasteiger partial charge in [0.2, 0.25) is 6.79 Å². The first kappa shape index (κ1) is 16.6. The number of fused-ring (bicyclic) bond motifs is 1. The fourth-order valence-electron chi connectivity index (χ4n) is 2.54. The summed E-state index contributed by atoms with van der Waals surface area (Å²) in [4.78, 5) is 11.9. The molecule has 0 atom stereocenters. The van der Waals surface area contributed by atoms with Crippen molar-refractivity contribution in [2.75, 3.05) is 22.7 Å². The maximum Gasteiger partial charge on any atom is 0.324 e. The van der Waals surface area contributed by atoms with Crippen LogP contribution in [0.2, 0.25) is 0 Å². The van der Waals surface area contributed by atoms with Gasteiger partial charge in [-0.15, -0.1) is 10.2 Å². The minimum atomic E-state index is -0.378. The molecule has 0 fully saturated rings. The predicted octanol–water partition coefficient (Wildman–Crippen LogP) is 3.46. The molecule has 1 aliphatic heterocycles. The van der Waals surface area contributed by atoms with E-state index in [4.69, 9.17) is 9.47 Å². The number of aromatic nitrogens is 2. The van der Waals surface area contributed by atoms with E-state index < -0.39 is 0 Å². The fraction of sp³-hybridized carbons (Fsp3) is 0.105. The zero-order chi connectivity index (χ0) is 18.5. The fourth-order valence-corrected chi connectivity index (χ4v) is 2.54. The molecule has 2 amide bonds. The van der Waals surface area contributed by atoms with E-state index in [1.54, 1.807) is 24.3 Å². The molecule has 0 unspecified atom stereocenters. The van der Waals surface area contributed by atoms with Crippen LogP contribution >= 0.6 is 0 Å². The van der Waals surface area contributed by atoms with Crippen LogP contribution in [0, 0.1) is 0 Å². The molecule has 3 aromatic rings. The number of carbonyl (C=O) groups is 1. The molecule has 0 saturated heterocycles. The molecule has 1 aromatic heterocycles. The van der Waals surface area contributed by atoms with Gasteiger partial charge in [-0.05, 0) is 42.0 Å². The second kappa shape index (κ2) is 7.61. The zero-order valence-electron chi connectivity index (χ0n) is 14.3. The maximum atomic E-state index is 11.9. The third-order valence-electron chi connectivity index (χ3n) is 3.85. The van der Waals surface area contributed by atoms with Crippen molar-refractivity contribution in [3.8, 4) is 11.5 Å². The van der Waals surface area contributed by atoms with Gasteiger partial charge in [-0.3, -0.25) is 5.32 Å². The van der Waals surface area contributed by atoms with Crippen molar-refractivity contribution in [2.45, 2.75) is 6.54 Å². The molecule has 3 N–H and O–H groups in total. The van der Waals surface area contributed by atoms with Gasteiger partial charge in [0.05, 0.1) is 0 Å². The number of amides is 2. The van der Waals surface area contributed by atoms with E-state index in [1.165, 1.54) is 0 Å². The van der Waals surface area contributed by atoms with Gasteiger partial charge >= 0.3 is 6.03 Å². The standard InChI is InChI=1S/C19H17N5O3/c25-19(21-14-4-2-1-3-5-14)22-18-9-8-17(23-24-18)20-11-13-6-7-15-16(10-13)27-12-26-15/h1-10H,11-12H2,(H,20,23)(H2,21,22,24,25). The molecule has 0 aliphatic carbocycles. The van der Waals surface area contributed by atoms with E-state index in [0.717, 1.165) is 17.1 Å². The van der Waals surface area contributed by atoms with Crippen LogP contribution in [-0.2, 0) is 6.54 Å². The minimum absolute atomic E-state index is 0.254. The first-order chi connectivity index (χ1) is 13.3.